The van der Waals surface area contributed by atoms with E-state index in [-0.39, 0.29) is 11.7 Å². The van der Waals surface area contributed by atoms with Crippen molar-refractivity contribution in [2.24, 2.45) is 5.92 Å². The molecule has 1 aliphatic rings. The van der Waals surface area contributed by atoms with Crippen LogP contribution in [0.15, 0.2) is 48.5 Å². The Labute approximate surface area is 193 Å². The van der Waals surface area contributed by atoms with E-state index in [0.717, 1.165) is 12.0 Å². The van der Waals surface area contributed by atoms with Gasteiger partial charge in [-0.05, 0) is 74.4 Å². The normalized spacial score (nSPS) is 17.5. The lowest BCUT2D eigenvalue weighted by molar-refractivity contribution is -0.119. The maximum atomic E-state index is 12.5. The third kappa shape index (κ3) is 6.77. The number of carbonyl (C=O) groups is 2. The van der Waals surface area contributed by atoms with Crippen LogP contribution >= 0.6 is 0 Å². The van der Waals surface area contributed by atoms with Crippen LogP contribution in [0.2, 0.25) is 0 Å². The number of carbonyl (C=O) groups excluding carboxylic acids is 2. The number of rotatable bonds is 10. The van der Waals surface area contributed by atoms with Crippen LogP contribution < -0.4 is 5.32 Å². The van der Waals surface area contributed by atoms with Gasteiger partial charge in [0.05, 0.1) is 0 Å². The first-order valence-electron chi connectivity index (χ1n) is 12.1. The summed E-state index contributed by atoms with van der Waals surface area (Å²) in [7, 11) is 0. The van der Waals surface area contributed by atoms with E-state index >= 15 is 0 Å². The Bertz CT molecular complexity index is 887. The van der Waals surface area contributed by atoms with Gasteiger partial charge in [-0.15, -0.1) is 0 Å². The Morgan fingerprint density at radius 3 is 2.25 bits per heavy atom. The van der Waals surface area contributed by atoms with Crippen molar-refractivity contribution in [2.75, 3.05) is 13.1 Å². The standard InChI is InChI=1S/C28H38N2O2/c1-20(2)18-27(31)19-24-9-13-26(14-10-24)28(32)29-16-15-23-7-11-25(12-8-23)22(4)30-17-5-6-21(30)3/h7-14,20-22H,5-6,15-19H2,1-4H3,(H,29,32). The first kappa shape index (κ1) is 24.2. The minimum atomic E-state index is -0.0710. The summed E-state index contributed by atoms with van der Waals surface area (Å²) in [6.45, 7) is 10.5. The molecule has 1 aliphatic heterocycles. The van der Waals surface area contributed by atoms with E-state index < -0.39 is 0 Å². The Kier molecular flexibility index (Phi) is 8.63. The van der Waals surface area contributed by atoms with Crippen LogP contribution in [0, 0.1) is 5.92 Å². The summed E-state index contributed by atoms with van der Waals surface area (Å²) in [6, 6.07) is 17.3. The van der Waals surface area contributed by atoms with E-state index in [1.54, 1.807) is 0 Å². The number of nitrogens with one attached hydrogen (secondary N) is 1. The van der Waals surface area contributed by atoms with E-state index in [2.05, 4.69) is 62.2 Å². The third-order valence-electron chi connectivity index (χ3n) is 6.52. The van der Waals surface area contributed by atoms with Crippen molar-refractivity contribution in [2.45, 2.75) is 71.9 Å². The van der Waals surface area contributed by atoms with E-state index in [1.165, 1.54) is 30.5 Å². The molecule has 1 amide bonds. The molecule has 32 heavy (non-hydrogen) atoms. The van der Waals surface area contributed by atoms with Gasteiger partial charge >= 0.3 is 0 Å². The predicted octanol–water partition coefficient (Wildman–Crippen LogP) is 5.36. The molecule has 0 bridgehead atoms. The zero-order chi connectivity index (χ0) is 23.1. The minimum Gasteiger partial charge on any atom is -0.352 e. The molecule has 2 unspecified atom stereocenters. The lowest BCUT2D eigenvalue weighted by Gasteiger charge is -2.29. The highest BCUT2D eigenvalue weighted by Gasteiger charge is 2.25. The molecule has 0 aliphatic carbocycles. The smallest absolute Gasteiger partial charge is 0.251 e. The Balaban J connectivity index is 1.44. The molecule has 0 spiro atoms. The molecule has 4 nitrogen and oxygen atoms in total. The van der Waals surface area contributed by atoms with Crippen molar-refractivity contribution in [1.29, 1.82) is 0 Å². The molecule has 2 aromatic rings. The summed E-state index contributed by atoms with van der Waals surface area (Å²) >= 11 is 0. The molecule has 172 valence electrons. The number of likely N-dealkylation sites (tertiary alicyclic amines) is 1. The van der Waals surface area contributed by atoms with Crippen molar-refractivity contribution >= 4 is 11.7 Å². The number of amides is 1. The molecule has 0 radical (unpaired) electrons. The maximum Gasteiger partial charge on any atom is 0.251 e. The molecule has 0 aromatic heterocycles. The fourth-order valence-corrected chi connectivity index (χ4v) is 4.64. The maximum absolute atomic E-state index is 12.5. The third-order valence-corrected chi connectivity index (χ3v) is 6.52. The van der Waals surface area contributed by atoms with Crippen LogP contribution in [-0.2, 0) is 17.6 Å². The average molecular weight is 435 g/mol. The first-order valence-corrected chi connectivity index (χ1v) is 12.1. The summed E-state index contributed by atoms with van der Waals surface area (Å²) in [5, 5.41) is 3.01. The fraction of sp³-hybridized carbons (Fsp3) is 0.500. The Morgan fingerprint density at radius 2 is 1.66 bits per heavy atom. The number of benzene rings is 2. The second-order valence-corrected chi connectivity index (χ2v) is 9.66. The zero-order valence-electron chi connectivity index (χ0n) is 20.1. The molecule has 1 heterocycles. The van der Waals surface area contributed by atoms with E-state index in [9.17, 15) is 9.59 Å². The predicted molar refractivity (Wildman–Crippen MR) is 131 cm³/mol. The van der Waals surface area contributed by atoms with Gasteiger partial charge in [-0.1, -0.05) is 50.2 Å². The van der Waals surface area contributed by atoms with Gasteiger partial charge in [0.1, 0.15) is 5.78 Å². The molecule has 2 aromatic carbocycles. The van der Waals surface area contributed by atoms with Crippen molar-refractivity contribution in [3.8, 4) is 0 Å². The van der Waals surface area contributed by atoms with Crippen LogP contribution in [-0.4, -0.2) is 35.7 Å². The van der Waals surface area contributed by atoms with Gasteiger partial charge in [0.15, 0.2) is 0 Å². The van der Waals surface area contributed by atoms with Gasteiger partial charge in [0.2, 0.25) is 0 Å². The molecule has 3 rings (SSSR count). The average Bonchev–Trinajstić information content (AvgIpc) is 3.19. The SMILES string of the molecule is CC(C)CC(=O)Cc1ccc(C(=O)NCCc2ccc(C(C)N3CCCC3C)cc2)cc1. The molecule has 1 saturated heterocycles. The van der Waals surface area contributed by atoms with Gasteiger partial charge < -0.3 is 5.32 Å². The summed E-state index contributed by atoms with van der Waals surface area (Å²) in [6.07, 6.45) is 4.43. The topological polar surface area (TPSA) is 49.4 Å². The van der Waals surface area contributed by atoms with Gasteiger partial charge in [-0.2, -0.15) is 0 Å². The fourth-order valence-electron chi connectivity index (χ4n) is 4.64. The highest BCUT2D eigenvalue weighted by Crippen LogP contribution is 2.28. The lowest BCUT2D eigenvalue weighted by Crippen LogP contribution is -2.29. The summed E-state index contributed by atoms with van der Waals surface area (Å²) < 4.78 is 0. The summed E-state index contributed by atoms with van der Waals surface area (Å²) in [4.78, 5) is 27.0. The van der Waals surface area contributed by atoms with E-state index in [0.29, 0.717) is 43.0 Å². The quantitative estimate of drug-likeness (QED) is 0.547. The molecule has 1 N–H and O–H groups in total. The zero-order valence-corrected chi connectivity index (χ0v) is 20.1. The highest BCUT2D eigenvalue weighted by atomic mass is 16.1. The number of nitrogens with zero attached hydrogens (tertiary/aromatic N) is 1. The largest absolute Gasteiger partial charge is 0.352 e. The van der Waals surface area contributed by atoms with Crippen molar-refractivity contribution < 1.29 is 9.59 Å². The van der Waals surface area contributed by atoms with Crippen LogP contribution in [0.25, 0.3) is 0 Å². The number of hydrogen-bond acceptors (Lipinski definition) is 3. The highest BCUT2D eigenvalue weighted by molar-refractivity contribution is 5.94. The summed E-state index contributed by atoms with van der Waals surface area (Å²) in [5.41, 5.74) is 4.19. The number of ketones is 1. The second-order valence-electron chi connectivity index (χ2n) is 9.66. The van der Waals surface area contributed by atoms with Crippen LogP contribution in [0.3, 0.4) is 0 Å². The Hall–Kier alpha value is -2.46. The van der Waals surface area contributed by atoms with Crippen molar-refractivity contribution in [1.82, 2.24) is 10.2 Å². The van der Waals surface area contributed by atoms with E-state index in [4.69, 9.17) is 0 Å². The molecular weight excluding hydrogens is 396 g/mol. The van der Waals surface area contributed by atoms with E-state index in [1.807, 2.05) is 24.3 Å². The van der Waals surface area contributed by atoms with Crippen molar-refractivity contribution in [3.63, 3.8) is 0 Å². The lowest BCUT2D eigenvalue weighted by atomic mass is 10.0. The van der Waals surface area contributed by atoms with Gasteiger partial charge in [-0.25, -0.2) is 0 Å². The van der Waals surface area contributed by atoms with Crippen LogP contribution in [0.4, 0.5) is 0 Å². The molecule has 0 saturated carbocycles. The first-order chi connectivity index (χ1) is 15.3. The minimum absolute atomic E-state index is 0.0710. The van der Waals surface area contributed by atoms with Gasteiger partial charge in [0.25, 0.3) is 5.91 Å². The molecule has 4 heteroatoms. The van der Waals surface area contributed by atoms with Crippen LogP contribution in [0.5, 0.6) is 0 Å². The number of Topliss-reactive ketones (excluding diaryl/α,β-unsaturated/α-hetero) is 1. The number of hydrogen-bond donors (Lipinski definition) is 1. The monoisotopic (exact) mass is 434 g/mol. The second kappa shape index (κ2) is 11.4. The van der Waals surface area contributed by atoms with Crippen molar-refractivity contribution in [3.05, 3.63) is 70.8 Å². The Morgan fingerprint density at radius 1 is 1.00 bits per heavy atom. The van der Waals surface area contributed by atoms with Gasteiger partial charge in [-0.3, -0.25) is 14.5 Å². The molecular formula is C28H38N2O2. The van der Waals surface area contributed by atoms with Crippen LogP contribution in [0.1, 0.15) is 80.0 Å². The molecule has 2 atom stereocenters. The summed E-state index contributed by atoms with van der Waals surface area (Å²) in [5.74, 6) is 0.548. The molecule has 1 fully saturated rings. The van der Waals surface area contributed by atoms with Gasteiger partial charge in [0, 0.05) is 37.0 Å².